The van der Waals surface area contributed by atoms with Crippen molar-refractivity contribution in [2.24, 2.45) is 17.6 Å². The second kappa shape index (κ2) is 4.25. The number of carbonyl (C=O) groups is 2. The van der Waals surface area contributed by atoms with Crippen LogP contribution in [0.15, 0.2) is 0 Å². The summed E-state index contributed by atoms with van der Waals surface area (Å²) in [6, 6.07) is 0. The second-order valence-corrected chi connectivity index (χ2v) is 3.66. The molecule has 4 nitrogen and oxygen atoms in total. The van der Waals surface area contributed by atoms with Crippen molar-refractivity contribution in [1.82, 2.24) is 5.32 Å². The Morgan fingerprint density at radius 3 is 2.54 bits per heavy atom. The Balaban J connectivity index is 2.41. The highest BCUT2D eigenvalue weighted by Crippen LogP contribution is 2.36. The first-order chi connectivity index (χ1) is 6.13. The molecular formula is C9H16N2O2. The van der Waals surface area contributed by atoms with Crippen molar-refractivity contribution in [3.63, 3.8) is 0 Å². The molecule has 0 heterocycles. The fourth-order valence-corrected chi connectivity index (χ4v) is 1.49. The SMILES string of the molecule is CNC(=O)C(CC(N)=O)CC1CC1. The molecule has 1 fully saturated rings. The Hall–Kier alpha value is -1.06. The number of carbonyl (C=O) groups excluding carboxylic acids is 2. The molecule has 1 saturated carbocycles. The molecule has 0 spiro atoms. The van der Waals surface area contributed by atoms with Crippen LogP contribution in [0.3, 0.4) is 0 Å². The monoisotopic (exact) mass is 184 g/mol. The number of primary amides is 1. The summed E-state index contributed by atoms with van der Waals surface area (Å²) in [4.78, 5) is 22.0. The molecular weight excluding hydrogens is 168 g/mol. The third-order valence-corrected chi connectivity index (χ3v) is 2.38. The average Bonchev–Trinajstić information content (AvgIpc) is 2.85. The predicted octanol–water partition coefficient (Wildman–Crippen LogP) is 0.0241. The highest BCUT2D eigenvalue weighted by Gasteiger charge is 2.29. The van der Waals surface area contributed by atoms with Crippen LogP contribution in [0.5, 0.6) is 0 Å². The largest absolute Gasteiger partial charge is 0.370 e. The third-order valence-electron chi connectivity index (χ3n) is 2.38. The van der Waals surface area contributed by atoms with E-state index in [2.05, 4.69) is 5.32 Å². The quantitative estimate of drug-likeness (QED) is 0.632. The lowest BCUT2D eigenvalue weighted by atomic mass is 9.97. The molecule has 1 atom stereocenters. The molecule has 1 rings (SSSR count). The van der Waals surface area contributed by atoms with Crippen molar-refractivity contribution < 1.29 is 9.59 Å². The van der Waals surface area contributed by atoms with Crippen molar-refractivity contribution in [3.8, 4) is 0 Å². The molecule has 1 aliphatic rings. The van der Waals surface area contributed by atoms with Crippen LogP contribution >= 0.6 is 0 Å². The molecule has 0 aromatic rings. The average molecular weight is 184 g/mol. The molecule has 0 aromatic carbocycles. The van der Waals surface area contributed by atoms with Crippen LogP contribution in [0.25, 0.3) is 0 Å². The van der Waals surface area contributed by atoms with Gasteiger partial charge in [0, 0.05) is 19.4 Å². The molecule has 0 aromatic heterocycles. The highest BCUT2D eigenvalue weighted by molar-refractivity contribution is 5.84. The van der Waals surface area contributed by atoms with Crippen LogP contribution in [0.2, 0.25) is 0 Å². The number of hydrogen-bond donors (Lipinski definition) is 2. The zero-order valence-electron chi connectivity index (χ0n) is 7.88. The van der Waals surface area contributed by atoms with Gasteiger partial charge in [-0.25, -0.2) is 0 Å². The Kier molecular flexibility index (Phi) is 3.28. The smallest absolute Gasteiger partial charge is 0.223 e. The van der Waals surface area contributed by atoms with Crippen molar-refractivity contribution in [3.05, 3.63) is 0 Å². The predicted molar refractivity (Wildman–Crippen MR) is 48.7 cm³/mol. The zero-order chi connectivity index (χ0) is 9.84. The van der Waals surface area contributed by atoms with Crippen molar-refractivity contribution in [1.29, 1.82) is 0 Å². The molecule has 0 radical (unpaired) electrons. The minimum Gasteiger partial charge on any atom is -0.370 e. The van der Waals surface area contributed by atoms with E-state index in [0.29, 0.717) is 5.92 Å². The van der Waals surface area contributed by atoms with E-state index < -0.39 is 5.91 Å². The molecule has 13 heavy (non-hydrogen) atoms. The first kappa shape index (κ1) is 10.0. The summed E-state index contributed by atoms with van der Waals surface area (Å²) in [7, 11) is 1.59. The van der Waals surface area contributed by atoms with Gasteiger partial charge < -0.3 is 11.1 Å². The molecule has 1 unspecified atom stereocenters. The number of hydrogen-bond acceptors (Lipinski definition) is 2. The van der Waals surface area contributed by atoms with Crippen molar-refractivity contribution >= 4 is 11.8 Å². The number of nitrogens with one attached hydrogen (secondary N) is 1. The summed E-state index contributed by atoms with van der Waals surface area (Å²) in [5.41, 5.74) is 5.06. The lowest BCUT2D eigenvalue weighted by molar-refractivity contribution is -0.129. The molecule has 0 saturated heterocycles. The fourth-order valence-electron chi connectivity index (χ4n) is 1.49. The normalized spacial score (nSPS) is 17.9. The van der Waals surface area contributed by atoms with E-state index in [1.54, 1.807) is 7.05 Å². The maximum Gasteiger partial charge on any atom is 0.223 e. The van der Waals surface area contributed by atoms with Crippen LogP contribution in [0.4, 0.5) is 0 Å². The van der Waals surface area contributed by atoms with Gasteiger partial charge >= 0.3 is 0 Å². The first-order valence-corrected chi connectivity index (χ1v) is 4.63. The third kappa shape index (κ3) is 3.44. The molecule has 0 aliphatic heterocycles. The summed E-state index contributed by atoms with van der Waals surface area (Å²) in [5, 5.41) is 2.56. The minimum absolute atomic E-state index is 0.0642. The number of rotatable bonds is 5. The van der Waals surface area contributed by atoms with E-state index in [1.165, 1.54) is 12.8 Å². The molecule has 2 amide bonds. The lowest BCUT2D eigenvalue weighted by Gasteiger charge is -2.12. The summed E-state index contributed by atoms with van der Waals surface area (Å²) < 4.78 is 0. The Morgan fingerprint density at radius 1 is 1.54 bits per heavy atom. The van der Waals surface area contributed by atoms with Gasteiger partial charge in [-0.3, -0.25) is 9.59 Å². The maximum atomic E-state index is 11.3. The van der Waals surface area contributed by atoms with Gasteiger partial charge in [0.05, 0.1) is 0 Å². The van der Waals surface area contributed by atoms with Gasteiger partial charge in [0.1, 0.15) is 0 Å². The van der Waals surface area contributed by atoms with Crippen LogP contribution in [-0.4, -0.2) is 18.9 Å². The van der Waals surface area contributed by atoms with Crippen molar-refractivity contribution in [2.75, 3.05) is 7.05 Å². The second-order valence-electron chi connectivity index (χ2n) is 3.66. The number of nitrogens with two attached hydrogens (primary N) is 1. The standard InChI is InChI=1S/C9H16N2O2/c1-11-9(13)7(5-8(10)12)4-6-2-3-6/h6-7H,2-5H2,1H3,(H2,10,12)(H,11,13). The van der Waals surface area contributed by atoms with E-state index in [0.717, 1.165) is 6.42 Å². The van der Waals surface area contributed by atoms with Crippen LogP contribution < -0.4 is 11.1 Å². The summed E-state index contributed by atoms with van der Waals surface area (Å²) in [6.45, 7) is 0. The highest BCUT2D eigenvalue weighted by atomic mass is 16.2. The van der Waals surface area contributed by atoms with Gasteiger partial charge in [-0.1, -0.05) is 12.8 Å². The van der Waals surface area contributed by atoms with Crippen LogP contribution in [-0.2, 0) is 9.59 Å². The van der Waals surface area contributed by atoms with Gasteiger partial charge in [-0.2, -0.15) is 0 Å². The molecule has 4 heteroatoms. The molecule has 74 valence electrons. The summed E-state index contributed by atoms with van der Waals surface area (Å²) in [6.07, 6.45) is 3.36. The summed E-state index contributed by atoms with van der Waals surface area (Å²) in [5.74, 6) is -0.0309. The van der Waals surface area contributed by atoms with Gasteiger partial charge in [-0.15, -0.1) is 0 Å². The fraction of sp³-hybridized carbons (Fsp3) is 0.778. The summed E-state index contributed by atoms with van der Waals surface area (Å²) >= 11 is 0. The topological polar surface area (TPSA) is 72.2 Å². The Bertz CT molecular complexity index is 212. The minimum atomic E-state index is -0.394. The Morgan fingerprint density at radius 2 is 2.15 bits per heavy atom. The van der Waals surface area contributed by atoms with E-state index in [-0.39, 0.29) is 18.2 Å². The van der Waals surface area contributed by atoms with Gasteiger partial charge in [0.15, 0.2) is 0 Å². The van der Waals surface area contributed by atoms with Gasteiger partial charge in [0.25, 0.3) is 0 Å². The van der Waals surface area contributed by atoms with Gasteiger partial charge in [0.2, 0.25) is 11.8 Å². The van der Waals surface area contributed by atoms with E-state index in [1.807, 2.05) is 0 Å². The van der Waals surface area contributed by atoms with E-state index >= 15 is 0 Å². The lowest BCUT2D eigenvalue weighted by Crippen LogP contribution is -2.31. The first-order valence-electron chi connectivity index (χ1n) is 4.63. The Labute approximate surface area is 77.9 Å². The van der Waals surface area contributed by atoms with Gasteiger partial charge in [-0.05, 0) is 12.3 Å². The maximum absolute atomic E-state index is 11.3. The zero-order valence-corrected chi connectivity index (χ0v) is 7.88. The van der Waals surface area contributed by atoms with Crippen LogP contribution in [0.1, 0.15) is 25.7 Å². The van der Waals surface area contributed by atoms with Crippen LogP contribution in [0, 0.1) is 11.8 Å². The van der Waals surface area contributed by atoms with E-state index in [9.17, 15) is 9.59 Å². The number of amides is 2. The molecule has 1 aliphatic carbocycles. The molecule has 3 N–H and O–H groups in total. The van der Waals surface area contributed by atoms with Crippen molar-refractivity contribution in [2.45, 2.75) is 25.7 Å². The van der Waals surface area contributed by atoms with E-state index in [4.69, 9.17) is 5.73 Å². The molecule has 0 bridgehead atoms.